The molecule has 0 unspecified atom stereocenters. The number of aromatic nitrogens is 3. The molecule has 3 heterocycles. The lowest BCUT2D eigenvalue weighted by atomic mass is 10.1. The number of hydrogen-bond acceptors (Lipinski definition) is 5. The fraction of sp³-hybridized carbons (Fsp3) is 0.235. The van der Waals surface area contributed by atoms with Crippen LogP contribution in [-0.2, 0) is 6.42 Å². The molecule has 4 rings (SSSR count). The summed E-state index contributed by atoms with van der Waals surface area (Å²) < 4.78 is 1.64. The van der Waals surface area contributed by atoms with Crippen LogP contribution in [0.15, 0.2) is 36.5 Å². The average molecular weight is 322 g/mol. The average Bonchev–Trinajstić information content (AvgIpc) is 3.01. The van der Waals surface area contributed by atoms with Crippen LogP contribution in [0.5, 0.6) is 0 Å². The minimum absolute atomic E-state index is 0.150. The van der Waals surface area contributed by atoms with Gasteiger partial charge in [-0.2, -0.15) is 9.61 Å². The van der Waals surface area contributed by atoms with E-state index in [1.54, 1.807) is 10.7 Å². The zero-order chi connectivity index (χ0) is 16.5. The van der Waals surface area contributed by atoms with Crippen LogP contribution in [0, 0.1) is 0 Å². The molecule has 122 valence electrons. The molecule has 0 atom stereocenters. The Balaban J connectivity index is 1.88. The highest BCUT2D eigenvalue weighted by molar-refractivity contribution is 6.00. The van der Waals surface area contributed by atoms with Crippen LogP contribution in [0.3, 0.4) is 0 Å². The molecule has 1 aliphatic heterocycles. The van der Waals surface area contributed by atoms with E-state index in [9.17, 15) is 4.79 Å². The normalized spacial score (nSPS) is 14.3. The van der Waals surface area contributed by atoms with Crippen LogP contribution in [0.4, 0.5) is 17.3 Å². The topological polar surface area (TPSA) is 83.3 Å². The molecule has 0 spiro atoms. The summed E-state index contributed by atoms with van der Waals surface area (Å²) in [6.45, 7) is 0.617. The van der Waals surface area contributed by atoms with E-state index in [4.69, 9.17) is 0 Å². The molecule has 7 nitrogen and oxygen atoms in total. The Kier molecular flexibility index (Phi) is 3.53. The minimum Gasteiger partial charge on any atom is -0.373 e. The Labute approximate surface area is 139 Å². The Morgan fingerprint density at radius 3 is 3.08 bits per heavy atom. The number of nitrogens with one attached hydrogen (secondary N) is 3. The van der Waals surface area contributed by atoms with Crippen LogP contribution in [0.2, 0.25) is 0 Å². The molecule has 0 saturated heterocycles. The van der Waals surface area contributed by atoms with Crippen LogP contribution in [-0.4, -0.2) is 34.1 Å². The first-order valence-electron chi connectivity index (χ1n) is 7.95. The van der Waals surface area contributed by atoms with E-state index in [1.807, 2.05) is 25.2 Å². The summed E-state index contributed by atoms with van der Waals surface area (Å²) in [5.74, 6) is 1.27. The maximum absolute atomic E-state index is 12.4. The summed E-state index contributed by atoms with van der Waals surface area (Å²) in [5, 5.41) is 13.6. The third-order valence-corrected chi connectivity index (χ3v) is 4.10. The molecule has 2 aromatic heterocycles. The number of carbonyl (C=O) groups excluding carboxylic acids is 1. The summed E-state index contributed by atoms with van der Waals surface area (Å²) in [6.07, 6.45) is 3.35. The molecule has 3 N–H and O–H groups in total. The zero-order valence-corrected chi connectivity index (χ0v) is 13.3. The number of anilines is 3. The van der Waals surface area contributed by atoms with E-state index in [2.05, 4.69) is 38.2 Å². The highest BCUT2D eigenvalue weighted by Crippen LogP contribution is 2.23. The molecule has 4 bridgehead atoms. The maximum Gasteiger partial charge on any atom is 0.256 e. The SMILES string of the molecule is CNc1cc2nc3c(cnn13)C(=O)NCCCc1cccc(c1)N2. The molecule has 0 aliphatic carbocycles. The van der Waals surface area contributed by atoms with Gasteiger partial charge in [0.1, 0.15) is 17.2 Å². The molecule has 7 heteroatoms. The van der Waals surface area contributed by atoms with E-state index in [0.717, 1.165) is 24.3 Å². The first-order chi connectivity index (χ1) is 11.7. The Hall–Kier alpha value is -3.09. The van der Waals surface area contributed by atoms with Gasteiger partial charge in [0, 0.05) is 25.3 Å². The lowest BCUT2D eigenvalue weighted by molar-refractivity contribution is 0.0954. The molecule has 1 amide bonds. The summed E-state index contributed by atoms with van der Waals surface area (Å²) in [7, 11) is 1.81. The van der Waals surface area contributed by atoms with Gasteiger partial charge in [0.15, 0.2) is 5.65 Å². The summed E-state index contributed by atoms with van der Waals surface area (Å²) in [4.78, 5) is 17.0. The van der Waals surface area contributed by atoms with Crippen molar-refractivity contribution in [2.75, 3.05) is 24.2 Å². The van der Waals surface area contributed by atoms with Crippen molar-refractivity contribution in [1.29, 1.82) is 0 Å². The van der Waals surface area contributed by atoms with Crippen molar-refractivity contribution in [2.24, 2.45) is 0 Å². The van der Waals surface area contributed by atoms with Gasteiger partial charge in [-0.25, -0.2) is 4.98 Å². The highest BCUT2D eigenvalue weighted by atomic mass is 16.1. The van der Waals surface area contributed by atoms with Crippen LogP contribution < -0.4 is 16.0 Å². The second-order valence-electron chi connectivity index (χ2n) is 5.76. The van der Waals surface area contributed by atoms with Crippen molar-refractivity contribution >= 4 is 28.9 Å². The van der Waals surface area contributed by atoms with E-state index in [0.29, 0.717) is 23.6 Å². The Bertz CT molecular complexity index is 917. The first kappa shape index (κ1) is 14.5. The number of amides is 1. The van der Waals surface area contributed by atoms with Crippen molar-refractivity contribution in [3.05, 3.63) is 47.7 Å². The van der Waals surface area contributed by atoms with Gasteiger partial charge in [-0.05, 0) is 30.5 Å². The maximum atomic E-state index is 12.4. The van der Waals surface area contributed by atoms with Crippen LogP contribution >= 0.6 is 0 Å². The van der Waals surface area contributed by atoms with E-state index >= 15 is 0 Å². The van der Waals surface area contributed by atoms with Gasteiger partial charge in [0.25, 0.3) is 5.91 Å². The summed E-state index contributed by atoms with van der Waals surface area (Å²) >= 11 is 0. The monoisotopic (exact) mass is 322 g/mol. The Morgan fingerprint density at radius 2 is 2.21 bits per heavy atom. The minimum atomic E-state index is -0.150. The third-order valence-electron chi connectivity index (χ3n) is 4.10. The fourth-order valence-corrected chi connectivity index (χ4v) is 2.91. The molecular weight excluding hydrogens is 304 g/mol. The number of benzene rings is 1. The number of hydrogen-bond donors (Lipinski definition) is 3. The van der Waals surface area contributed by atoms with Crippen molar-refractivity contribution in [1.82, 2.24) is 19.9 Å². The number of nitrogens with zero attached hydrogens (tertiary/aromatic N) is 3. The molecular formula is C17H18N6O. The number of fused-ring (bicyclic) bond motifs is 3. The van der Waals surface area contributed by atoms with E-state index in [-0.39, 0.29) is 5.91 Å². The van der Waals surface area contributed by atoms with Crippen LogP contribution in [0.1, 0.15) is 22.3 Å². The molecule has 0 saturated carbocycles. The fourth-order valence-electron chi connectivity index (χ4n) is 2.91. The molecule has 0 radical (unpaired) electrons. The van der Waals surface area contributed by atoms with Gasteiger partial charge in [0.05, 0.1) is 6.20 Å². The Morgan fingerprint density at radius 1 is 1.29 bits per heavy atom. The molecule has 24 heavy (non-hydrogen) atoms. The predicted molar refractivity (Wildman–Crippen MR) is 92.9 cm³/mol. The van der Waals surface area contributed by atoms with Gasteiger partial charge in [-0.3, -0.25) is 4.79 Å². The van der Waals surface area contributed by atoms with Crippen LogP contribution in [0.25, 0.3) is 5.65 Å². The number of carbonyl (C=O) groups is 1. The quantitative estimate of drug-likeness (QED) is 0.640. The van der Waals surface area contributed by atoms with E-state index < -0.39 is 0 Å². The summed E-state index contributed by atoms with van der Waals surface area (Å²) in [6, 6.07) is 10.1. The van der Waals surface area contributed by atoms with Gasteiger partial charge in [-0.15, -0.1) is 0 Å². The number of rotatable bonds is 1. The van der Waals surface area contributed by atoms with Gasteiger partial charge < -0.3 is 16.0 Å². The van der Waals surface area contributed by atoms with Gasteiger partial charge in [0.2, 0.25) is 0 Å². The second-order valence-corrected chi connectivity index (χ2v) is 5.76. The number of aryl methyl sites for hydroxylation is 1. The largest absolute Gasteiger partial charge is 0.373 e. The molecule has 1 aromatic carbocycles. The molecule has 1 aliphatic rings. The molecule has 0 fully saturated rings. The van der Waals surface area contributed by atoms with Crippen molar-refractivity contribution in [3.63, 3.8) is 0 Å². The van der Waals surface area contributed by atoms with Gasteiger partial charge in [-0.1, -0.05) is 12.1 Å². The third kappa shape index (κ3) is 2.54. The first-order valence-corrected chi connectivity index (χ1v) is 7.95. The zero-order valence-electron chi connectivity index (χ0n) is 13.3. The van der Waals surface area contributed by atoms with Crippen molar-refractivity contribution in [2.45, 2.75) is 12.8 Å². The lowest BCUT2D eigenvalue weighted by Crippen LogP contribution is -2.24. The van der Waals surface area contributed by atoms with Crippen molar-refractivity contribution < 1.29 is 4.79 Å². The highest BCUT2D eigenvalue weighted by Gasteiger charge is 2.17. The molecule has 3 aromatic rings. The lowest BCUT2D eigenvalue weighted by Gasteiger charge is -2.10. The standard InChI is InChI=1S/C17H18N6O/c1-18-15-9-14-21-12-6-2-4-11(8-12)5-3-7-19-17(24)13-10-20-23(15)16(13)22-14/h2,4,6,8-10,18H,3,5,7H2,1H3,(H,19,24)(H,21,22). The van der Waals surface area contributed by atoms with Gasteiger partial charge >= 0.3 is 0 Å². The van der Waals surface area contributed by atoms with Crippen molar-refractivity contribution in [3.8, 4) is 0 Å². The second kappa shape index (κ2) is 5.84. The summed E-state index contributed by atoms with van der Waals surface area (Å²) in [5.41, 5.74) is 3.20. The predicted octanol–water partition coefficient (Wildman–Crippen LogP) is 2.19. The van der Waals surface area contributed by atoms with E-state index in [1.165, 1.54) is 5.56 Å². The smallest absolute Gasteiger partial charge is 0.256 e.